The van der Waals surface area contributed by atoms with E-state index >= 15 is 0 Å². The van der Waals surface area contributed by atoms with Crippen LogP contribution in [0.15, 0.2) is 128 Å². The third-order valence-electron chi connectivity index (χ3n) is 10.9. The summed E-state index contributed by atoms with van der Waals surface area (Å²) in [5.74, 6) is 1.96. The number of hydrogen-bond acceptors (Lipinski definition) is 6. The van der Waals surface area contributed by atoms with E-state index in [1.807, 2.05) is 18.1 Å². The lowest BCUT2D eigenvalue weighted by atomic mass is 9.88. The summed E-state index contributed by atoms with van der Waals surface area (Å²) in [5, 5.41) is 8.30. The zero-order chi connectivity index (χ0) is 34.9. The van der Waals surface area contributed by atoms with Crippen LogP contribution in [0.5, 0.6) is 0 Å². The van der Waals surface area contributed by atoms with Crippen LogP contribution in [0.1, 0.15) is 29.4 Å². The van der Waals surface area contributed by atoms with Gasteiger partial charge in [-0.2, -0.15) is 0 Å². The molecule has 0 aliphatic carbocycles. The maximum Gasteiger partial charge on any atom is 0.129 e. The number of benzene rings is 5. The van der Waals surface area contributed by atoms with Gasteiger partial charge in [0.25, 0.3) is 0 Å². The Hall–Kier alpha value is -5.96. The predicted molar refractivity (Wildman–Crippen MR) is 219 cm³/mol. The van der Waals surface area contributed by atoms with Gasteiger partial charge < -0.3 is 19.6 Å². The Labute approximate surface area is 310 Å². The van der Waals surface area contributed by atoms with Crippen LogP contribution in [-0.2, 0) is 6.42 Å². The molecule has 53 heavy (non-hydrogen) atoms. The minimum atomic E-state index is -0.0708. The van der Waals surface area contributed by atoms with Crippen LogP contribution >= 0.6 is 11.9 Å². The highest BCUT2D eigenvalue weighted by Crippen LogP contribution is 2.53. The molecule has 0 saturated carbocycles. The van der Waals surface area contributed by atoms with Crippen LogP contribution in [0.25, 0.3) is 77.4 Å². The van der Waals surface area contributed by atoms with E-state index in [4.69, 9.17) is 15.0 Å². The van der Waals surface area contributed by atoms with Crippen LogP contribution in [0.2, 0.25) is 0 Å². The van der Waals surface area contributed by atoms with Crippen LogP contribution in [-0.4, -0.2) is 43.8 Å². The van der Waals surface area contributed by atoms with Gasteiger partial charge in [-0.05, 0) is 71.6 Å². The van der Waals surface area contributed by atoms with Gasteiger partial charge in [0.2, 0.25) is 0 Å². The Morgan fingerprint density at radius 1 is 0.717 bits per heavy atom. The second-order valence-corrected chi connectivity index (χ2v) is 15.1. The molecule has 2 aliphatic rings. The van der Waals surface area contributed by atoms with Gasteiger partial charge in [0.05, 0.1) is 34.2 Å². The molecule has 0 amide bonds. The summed E-state index contributed by atoms with van der Waals surface area (Å²) in [7, 11) is 0. The maximum atomic E-state index is 5.64. The first-order valence-electron chi connectivity index (χ1n) is 18.4. The lowest BCUT2D eigenvalue weighted by molar-refractivity contribution is 0.549. The topological polar surface area (TPSA) is 85.5 Å². The Bertz CT molecular complexity index is 2830. The minimum Gasteiger partial charge on any atom is -0.354 e. The second-order valence-electron chi connectivity index (χ2n) is 14.0. The molecule has 256 valence electrons. The van der Waals surface area contributed by atoms with Crippen molar-refractivity contribution in [1.82, 2.24) is 30.2 Å². The average molecular weight is 706 g/mol. The molecule has 7 nitrogen and oxygen atoms in total. The molecule has 1 saturated heterocycles. The van der Waals surface area contributed by atoms with Crippen molar-refractivity contribution in [1.29, 1.82) is 0 Å². The third-order valence-corrected chi connectivity index (χ3v) is 12.0. The van der Waals surface area contributed by atoms with Crippen molar-refractivity contribution in [3.05, 3.63) is 144 Å². The number of nitrogens with zero attached hydrogens (tertiary/aromatic N) is 4. The molecule has 2 aliphatic heterocycles. The number of aromatic nitrogens is 5. The number of nitrogens with one attached hydrogen (secondary N) is 3. The fourth-order valence-corrected chi connectivity index (χ4v) is 9.51. The van der Waals surface area contributed by atoms with Crippen LogP contribution in [0, 0.1) is 0 Å². The highest BCUT2D eigenvalue weighted by atomic mass is 32.2. The zero-order valence-corrected chi connectivity index (χ0v) is 29.8. The minimum absolute atomic E-state index is 0.0708. The van der Waals surface area contributed by atoms with Gasteiger partial charge in [-0.3, -0.25) is 4.98 Å². The molecular formula is C45H35N7S. The molecule has 1 unspecified atom stereocenters. The summed E-state index contributed by atoms with van der Waals surface area (Å²) in [6.45, 7) is 1.81. The maximum absolute atomic E-state index is 5.64. The number of pyridine rings is 2. The van der Waals surface area contributed by atoms with E-state index in [9.17, 15) is 0 Å². The molecular weight excluding hydrogens is 671 g/mol. The summed E-state index contributed by atoms with van der Waals surface area (Å²) in [6, 6.07) is 42.9. The van der Waals surface area contributed by atoms with Crippen molar-refractivity contribution in [2.45, 2.75) is 18.9 Å². The van der Waals surface area contributed by atoms with Crippen molar-refractivity contribution in [3.63, 3.8) is 0 Å². The number of aromatic amines is 2. The molecule has 6 heterocycles. The Kier molecular flexibility index (Phi) is 7.13. The van der Waals surface area contributed by atoms with E-state index < -0.39 is 0 Å². The van der Waals surface area contributed by atoms with Gasteiger partial charge in [-0.15, -0.1) is 0 Å². The molecule has 5 aromatic carbocycles. The molecule has 1 fully saturated rings. The van der Waals surface area contributed by atoms with Crippen molar-refractivity contribution in [2.75, 3.05) is 23.1 Å². The smallest absolute Gasteiger partial charge is 0.129 e. The molecule has 0 bridgehead atoms. The highest BCUT2D eigenvalue weighted by molar-refractivity contribution is 8.00. The quantitative estimate of drug-likeness (QED) is 0.155. The van der Waals surface area contributed by atoms with E-state index in [1.54, 1.807) is 0 Å². The number of H-pyrrole nitrogens is 2. The Balaban J connectivity index is 1.33. The summed E-state index contributed by atoms with van der Waals surface area (Å²) < 4.78 is 2.47. The first-order valence-corrected chi connectivity index (χ1v) is 19.3. The largest absolute Gasteiger partial charge is 0.354 e. The van der Waals surface area contributed by atoms with Gasteiger partial charge in [0.1, 0.15) is 11.3 Å². The predicted octanol–water partition coefficient (Wildman–Crippen LogP) is 10.2. The lowest BCUT2D eigenvalue weighted by Gasteiger charge is -2.25. The molecule has 0 spiro atoms. The SMILES string of the molecule is c1ccc2c(c1)CCNC2c1nc2c(N3CCCS3)c(-c3cc4ccccc4[nH]3)c(-c3ccc4ccccc4n3)c(-c3nccc4ccccc34)c2[nH]1. The van der Waals surface area contributed by atoms with E-state index in [2.05, 4.69) is 141 Å². The summed E-state index contributed by atoms with van der Waals surface area (Å²) in [6.07, 6.45) is 4.03. The summed E-state index contributed by atoms with van der Waals surface area (Å²) in [4.78, 5) is 24.1. The van der Waals surface area contributed by atoms with Gasteiger partial charge in [-0.25, -0.2) is 9.97 Å². The van der Waals surface area contributed by atoms with Gasteiger partial charge in [-0.1, -0.05) is 91.0 Å². The van der Waals surface area contributed by atoms with Gasteiger partial charge >= 0.3 is 0 Å². The molecule has 9 aromatic rings. The van der Waals surface area contributed by atoms with E-state index in [-0.39, 0.29) is 6.04 Å². The van der Waals surface area contributed by atoms with Crippen molar-refractivity contribution < 1.29 is 0 Å². The second kappa shape index (κ2) is 12.3. The van der Waals surface area contributed by atoms with Crippen molar-refractivity contribution in [2.24, 2.45) is 0 Å². The van der Waals surface area contributed by atoms with Crippen LogP contribution < -0.4 is 9.62 Å². The number of imidazole rings is 1. The van der Waals surface area contributed by atoms with E-state index in [0.717, 1.165) is 121 Å². The highest BCUT2D eigenvalue weighted by Gasteiger charge is 2.34. The monoisotopic (exact) mass is 705 g/mol. The van der Waals surface area contributed by atoms with Crippen molar-refractivity contribution >= 4 is 61.2 Å². The number of hydrogen-bond donors (Lipinski definition) is 3. The molecule has 11 rings (SSSR count). The zero-order valence-electron chi connectivity index (χ0n) is 28.9. The average Bonchev–Trinajstić information content (AvgIpc) is 4.00. The standard InChI is InChI=1S/C45H35N7S/c1-5-14-31-27(10-1)20-22-46-40(31)39-37(35-19-18-29-12-3-7-16-33(29)48-35)38(36-26-30-13-4-8-17-34(30)49-36)44(52-24-9-25-53-52)43-42(39)50-45(51-43)41-32-15-6-2-11-28(32)21-23-47-41/h1-8,10-20,22,26,41,47,49H,9,21,23-25H2,(H,50,51). The third kappa shape index (κ3) is 4.97. The first-order chi connectivity index (χ1) is 26.3. The summed E-state index contributed by atoms with van der Waals surface area (Å²) >= 11 is 1.88. The van der Waals surface area contributed by atoms with Crippen molar-refractivity contribution in [3.8, 4) is 33.8 Å². The van der Waals surface area contributed by atoms with Gasteiger partial charge in [0, 0.05) is 69.1 Å². The fourth-order valence-electron chi connectivity index (χ4n) is 8.47. The van der Waals surface area contributed by atoms with E-state index in [1.165, 1.54) is 11.1 Å². The molecule has 8 heteroatoms. The summed E-state index contributed by atoms with van der Waals surface area (Å²) in [5.41, 5.74) is 13.7. The number of anilines is 1. The molecule has 1 atom stereocenters. The Morgan fingerprint density at radius 2 is 1.55 bits per heavy atom. The number of fused-ring (bicyclic) bond motifs is 5. The lowest BCUT2D eigenvalue weighted by Crippen LogP contribution is -2.31. The normalized spacial score (nSPS) is 15.9. The number of para-hydroxylation sites is 2. The first kappa shape index (κ1) is 30.6. The van der Waals surface area contributed by atoms with E-state index in [0.29, 0.717) is 0 Å². The van der Waals surface area contributed by atoms with Crippen LogP contribution in [0.3, 0.4) is 0 Å². The fraction of sp³-hybridized carbons (Fsp3) is 0.133. The molecule has 4 aromatic heterocycles. The van der Waals surface area contributed by atoms with Crippen LogP contribution in [0.4, 0.5) is 5.69 Å². The molecule has 3 N–H and O–H groups in total. The molecule has 0 radical (unpaired) electrons. The van der Waals surface area contributed by atoms with Gasteiger partial charge in [0.15, 0.2) is 0 Å². The number of rotatable bonds is 5. The Morgan fingerprint density at radius 3 is 2.45 bits per heavy atom.